The highest BCUT2D eigenvalue weighted by atomic mass is 16.5. The maximum Gasteiger partial charge on any atom is 0.335 e. The normalized spacial score (nSPS) is 10.7. The lowest BCUT2D eigenvalue weighted by Gasteiger charge is -2.10. The number of nitrogens with zero attached hydrogens (tertiary/aromatic N) is 2. The topological polar surface area (TPSA) is 72.3 Å². The van der Waals surface area contributed by atoms with E-state index in [1.54, 1.807) is 24.3 Å². The van der Waals surface area contributed by atoms with E-state index < -0.39 is 5.97 Å². The Morgan fingerprint density at radius 2 is 1.44 bits per heavy atom. The predicted octanol–water partition coefficient (Wildman–Crippen LogP) is 4.30. The van der Waals surface area contributed by atoms with Crippen molar-refractivity contribution in [3.05, 3.63) is 66.5 Å². The van der Waals surface area contributed by atoms with Gasteiger partial charge in [0, 0.05) is 11.1 Å². The molecule has 0 saturated heterocycles. The lowest BCUT2D eigenvalue weighted by molar-refractivity contribution is 0.0697. The number of aromatic nitrogens is 2. The van der Waals surface area contributed by atoms with Gasteiger partial charge in [-0.25, -0.2) is 14.8 Å². The van der Waals surface area contributed by atoms with Crippen LogP contribution in [0.25, 0.3) is 22.5 Å². The Bertz CT molecular complexity index is 872. The van der Waals surface area contributed by atoms with E-state index in [-0.39, 0.29) is 11.7 Å². The van der Waals surface area contributed by atoms with Crippen LogP contribution in [0.3, 0.4) is 0 Å². The van der Waals surface area contributed by atoms with E-state index in [1.165, 1.54) is 6.33 Å². The highest BCUT2D eigenvalue weighted by Crippen LogP contribution is 2.25. The molecule has 1 heterocycles. The summed E-state index contributed by atoms with van der Waals surface area (Å²) in [5.74, 6) is -0.129. The maximum absolute atomic E-state index is 10.9. The van der Waals surface area contributed by atoms with Gasteiger partial charge in [0.15, 0.2) is 0 Å². The SMILES string of the molecule is CC(C)Oc1ccc(-c2cc(-c3ccc(C(=O)O)cc3)ncn2)cc1. The van der Waals surface area contributed by atoms with Crippen molar-refractivity contribution >= 4 is 5.97 Å². The van der Waals surface area contributed by atoms with Crippen molar-refractivity contribution in [2.75, 3.05) is 0 Å². The quantitative estimate of drug-likeness (QED) is 0.753. The fourth-order valence-corrected chi connectivity index (χ4v) is 2.43. The van der Waals surface area contributed by atoms with Crippen molar-refractivity contribution in [1.82, 2.24) is 9.97 Å². The minimum absolute atomic E-state index is 0.130. The number of hydrogen-bond acceptors (Lipinski definition) is 4. The summed E-state index contributed by atoms with van der Waals surface area (Å²) in [5, 5.41) is 8.98. The van der Waals surface area contributed by atoms with E-state index in [0.29, 0.717) is 0 Å². The van der Waals surface area contributed by atoms with Crippen molar-refractivity contribution in [1.29, 1.82) is 0 Å². The summed E-state index contributed by atoms with van der Waals surface area (Å²) in [6, 6.07) is 16.2. The molecule has 3 aromatic rings. The molecule has 0 aliphatic heterocycles. The lowest BCUT2D eigenvalue weighted by Crippen LogP contribution is -2.05. The summed E-state index contributed by atoms with van der Waals surface area (Å²) in [7, 11) is 0. The minimum atomic E-state index is -0.946. The summed E-state index contributed by atoms with van der Waals surface area (Å²) in [5.41, 5.74) is 3.59. The average Bonchev–Trinajstić information content (AvgIpc) is 2.62. The van der Waals surface area contributed by atoms with Crippen LogP contribution >= 0.6 is 0 Å². The molecule has 5 nitrogen and oxygen atoms in total. The van der Waals surface area contributed by atoms with Gasteiger partial charge in [0.05, 0.1) is 23.1 Å². The van der Waals surface area contributed by atoms with Crippen molar-refractivity contribution < 1.29 is 14.6 Å². The summed E-state index contributed by atoms with van der Waals surface area (Å²) in [6.45, 7) is 3.97. The zero-order chi connectivity index (χ0) is 17.8. The van der Waals surface area contributed by atoms with Gasteiger partial charge >= 0.3 is 5.97 Å². The zero-order valence-electron chi connectivity index (χ0n) is 14.0. The Hall–Kier alpha value is -3.21. The summed E-state index contributed by atoms with van der Waals surface area (Å²) in [6.07, 6.45) is 1.64. The Balaban J connectivity index is 1.87. The molecule has 0 aliphatic carbocycles. The third kappa shape index (κ3) is 4.01. The van der Waals surface area contributed by atoms with E-state index in [4.69, 9.17) is 9.84 Å². The van der Waals surface area contributed by atoms with Gasteiger partial charge in [0.2, 0.25) is 0 Å². The summed E-state index contributed by atoms with van der Waals surface area (Å²) >= 11 is 0. The molecule has 0 bridgehead atoms. The largest absolute Gasteiger partial charge is 0.491 e. The average molecular weight is 334 g/mol. The molecule has 25 heavy (non-hydrogen) atoms. The summed E-state index contributed by atoms with van der Waals surface area (Å²) < 4.78 is 5.65. The van der Waals surface area contributed by atoms with Crippen molar-refractivity contribution in [3.8, 4) is 28.3 Å². The number of rotatable bonds is 5. The first kappa shape index (κ1) is 16.6. The highest BCUT2D eigenvalue weighted by molar-refractivity contribution is 5.88. The third-order valence-electron chi connectivity index (χ3n) is 3.62. The molecule has 0 atom stereocenters. The van der Waals surface area contributed by atoms with Crippen LogP contribution in [0.4, 0.5) is 0 Å². The number of ether oxygens (including phenoxy) is 1. The minimum Gasteiger partial charge on any atom is -0.491 e. The van der Waals surface area contributed by atoms with Crippen molar-refractivity contribution in [2.24, 2.45) is 0 Å². The lowest BCUT2D eigenvalue weighted by atomic mass is 10.1. The zero-order valence-corrected chi connectivity index (χ0v) is 14.0. The molecular formula is C20H18N2O3. The van der Waals surface area contributed by atoms with Gasteiger partial charge in [-0.15, -0.1) is 0 Å². The Morgan fingerprint density at radius 1 is 0.920 bits per heavy atom. The molecule has 5 heteroatoms. The van der Waals surface area contributed by atoms with E-state index in [9.17, 15) is 4.79 Å². The van der Waals surface area contributed by atoms with Crippen LogP contribution in [0.2, 0.25) is 0 Å². The van der Waals surface area contributed by atoms with Gasteiger partial charge in [0.25, 0.3) is 0 Å². The van der Waals surface area contributed by atoms with Gasteiger partial charge < -0.3 is 9.84 Å². The number of hydrogen-bond donors (Lipinski definition) is 1. The van der Waals surface area contributed by atoms with Crippen LogP contribution in [0.15, 0.2) is 60.9 Å². The second-order valence-corrected chi connectivity index (χ2v) is 5.86. The van der Waals surface area contributed by atoms with Gasteiger partial charge in [-0.3, -0.25) is 0 Å². The van der Waals surface area contributed by atoms with Gasteiger partial charge in [0.1, 0.15) is 12.1 Å². The fourth-order valence-electron chi connectivity index (χ4n) is 2.43. The molecule has 2 aromatic carbocycles. The summed E-state index contributed by atoms with van der Waals surface area (Å²) in [4.78, 5) is 19.6. The van der Waals surface area contributed by atoms with Crippen molar-refractivity contribution in [3.63, 3.8) is 0 Å². The molecule has 126 valence electrons. The second kappa shape index (κ2) is 7.13. The van der Waals surface area contributed by atoms with Gasteiger partial charge in [-0.05, 0) is 56.3 Å². The first-order valence-electron chi connectivity index (χ1n) is 7.96. The van der Waals surface area contributed by atoms with Crippen LogP contribution in [-0.2, 0) is 0 Å². The van der Waals surface area contributed by atoms with E-state index in [2.05, 4.69) is 9.97 Å². The first-order valence-corrected chi connectivity index (χ1v) is 7.96. The van der Waals surface area contributed by atoms with E-state index in [1.807, 2.05) is 44.2 Å². The Morgan fingerprint density at radius 3 is 1.92 bits per heavy atom. The smallest absolute Gasteiger partial charge is 0.335 e. The number of aromatic carboxylic acids is 1. The standard InChI is InChI=1S/C20H18N2O3/c1-13(2)25-17-9-7-15(8-10-17)19-11-18(21-12-22-19)14-3-5-16(6-4-14)20(23)24/h3-13H,1-2H3,(H,23,24). The molecule has 1 N–H and O–H groups in total. The van der Waals surface area contributed by atoms with E-state index >= 15 is 0 Å². The first-order chi connectivity index (χ1) is 12.0. The molecule has 0 unspecified atom stereocenters. The molecule has 0 amide bonds. The van der Waals surface area contributed by atoms with Crippen LogP contribution in [-0.4, -0.2) is 27.1 Å². The maximum atomic E-state index is 10.9. The second-order valence-electron chi connectivity index (χ2n) is 5.86. The van der Waals surface area contributed by atoms with E-state index in [0.717, 1.165) is 28.3 Å². The fraction of sp³-hybridized carbons (Fsp3) is 0.150. The van der Waals surface area contributed by atoms with Gasteiger partial charge in [-0.2, -0.15) is 0 Å². The predicted molar refractivity (Wildman–Crippen MR) is 95.6 cm³/mol. The monoisotopic (exact) mass is 334 g/mol. The van der Waals surface area contributed by atoms with Crippen molar-refractivity contribution in [2.45, 2.75) is 20.0 Å². The Labute approximate surface area is 146 Å². The molecule has 0 fully saturated rings. The molecule has 0 aliphatic rings. The highest BCUT2D eigenvalue weighted by Gasteiger charge is 2.07. The Kier molecular flexibility index (Phi) is 4.75. The number of carboxylic acids is 1. The molecule has 0 radical (unpaired) electrons. The number of carboxylic acid groups (broad SMARTS) is 1. The third-order valence-corrected chi connectivity index (χ3v) is 3.62. The van der Waals surface area contributed by atoms with Gasteiger partial charge in [-0.1, -0.05) is 12.1 Å². The molecule has 3 rings (SSSR count). The number of carbonyl (C=O) groups is 1. The van der Waals surface area contributed by atoms with Crippen LogP contribution in [0.5, 0.6) is 5.75 Å². The molecule has 0 saturated carbocycles. The van der Waals surface area contributed by atoms with Crippen LogP contribution < -0.4 is 4.74 Å². The molecule has 0 spiro atoms. The molecule has 1 aromatic heterocycles. The van der Waals surface area contributed by atoms with Crippen LogP contribution in [0.1, 0.15) is 24.2 Å². The number of benzene rings is 2. The molecular weight excluding hydrogens is 316 g/mol. The van der Waals surface area contributed by atoms with Crippen LogP contribution in [0, 0.1) is 0 Å².